The van der Waals surface area contributed by atoms with E-state index in [1.807, 2.05) is 4.90 Å². The van der Waals surface area contributed by atoms with Crippen molar-refractivity contribution in [2.75, 3.05) is 24.5 Å². The molecule has 1 unspecified atom stereocenters. The Hall–Kier alpha value is -3.78. The molecule has 0 spiro atoms. The summed E-state index contributed by atoms with van der Waals surface area (Å²) in [4.78, 5) is 31.0. The number of carbonyl (C=O) groups is 1. The van der Waals surface area contributed by atoms with Crippen LogP contribution >= 0.6 is 0 Å². The van der Waals surface area contributed by atoms with Crippen molar-refractivity contribution in [2.24, 2.45) is 7.05 Å². The fourth-order valence-corrected chi connectivity index (χ4v) is 4.72. The van der Waals surface area contributed by atoms with E-state index in [1.54, 1.807) is 17.7 Å². The third-order valence-electron chi connectivity index (χ3n) is 6.77. The number of carboxylic acid groups (broad SMARTS) is 1. The molecule has 1 aliphatic rings. The first-order chi connectivity index (χ1) is 16.2. The molecular formula is C26H25FN4O3. The van der Waals surface area contributed by atoms with Crippen molar-refractivity contribution < 1.29 is 14.3 Å². The second-order valence-corrected chi connectivity index (χ2v) is 8.92. The van der Waals surface area contributed by atoms with Gasteiger partial charge < -0.3 is 19.9 Å². The average molecular weight is 461 g/mol. The Morgan fingerprint density at radius 3 is 2.74 bits per heavy atom. The van der Waals surface area contributed by atoms with Crippen LogP contribution in [0, 0.1) is 19.7 Å². The Balaban J connectivity index is 1.64. The molecule has 174 valence electrons. The van der Waals surface area contributed by atoms with Crippen LogP contribution in [0.1, 0.15) is 33.1 Å². The van der Waals surface area contributed by atoms with Crippen molar-refractivity contribution in [2.45, 2.75) is 19.9 Å². The lowest BCUT2D eigenvalue weighted by Gasteiger charge is -2.36. The quantitative estimate of drug-likeness (QED) is 0.454. The summed E-state index contributed by atoms with van der Waals surface area (Å²) in [6.07, 6.45) is 2.76. The second-order valence-electron chi connectivity index (χ2n) is 8.92. The van der Waals surface area contributed by atoms with Gasteiger partial charge in [0.05, 0.1) is 28.3 Å². The van der Waals surface area contributed by atoms with Crippen LogP contribution in [0.5, 0.6) is 0 Å². The van der Waals surface area contributed by atoms with E-state index in [0.717, 1.165) is 5.56 Å². The Labute approximate surface area is 195 Å². The molecule has 0 bridgehead atoms. The lowest BCUT2D eigenvalue weighted by molar-refractivity contribution is 0.0695. The van der Waals surface area contributed by atoms with E-state index in [4.69, 9.17) is 0 Å². The third kappa shape index (κ3) is 3.60. The van der Waals surface area contributed by atoms with E-state index < -0.39 is 17.2 Å². The van der Waals surface area contributed by atoms with E-state index >= 15 is 4.39 Å². The molecule has 2 aromatic heterocycles. The van der Waals surface area contributed by atoms with Gasteiger partial charge in [-0.25, -0.2) is 9.18 Å². The van der Waals surface area contributed by atoms with E-state index in [2.05, 4.69) is 42.3 Å². The van der Waals surface area contributed by atoms with E-state index in [0.29, 0.717) is 41.7 Å². The molecule has 0 saturated carbocycles. The summed E-state index contributed by atoms with van der Waals surface area (Å²) in [5.41, 5.74) is 3.82. The van der Waals surface area contributed by atoms with Crippen molar-refractivity contribution >= 4 is 33.5 Å². The molecule has 1 fully saturated rings. The van der Waals surface area contributed by atoms with Crippen molar-refractivity contribution in [1.82, 2.24) is 14.9 Å². The minimum Gasteiger partial charge on any atom is -0.477 e. The third-order valence-corrected chi connectivity index (χ3v) is 6.77. The molecule has 4 aromatic rings. The van der Waals surface area contributed by atoms with Gasteiger partial charge in [0.1, 0.15) is 11.4 Å². The molecule has 0 amide bonds. The number of pyridine rings is 2. The Bertz CT molecular complexity index is 1530. The largest absolute Gasteiger partial charge is 0.477 e. The van der Waals surface area contributed by atoms with E-state index in [1.165, 1.54) is 29.6 Å². The number of halogens is 1. The molecule has 0 aliphatic carbocycles. The number of aromatic carboxylic acids is 1. The fourth-order valence-electron chi connectivity index (χ4n) is 4.72. The molecule has 0 radical (unpaired) electrons. The summed E-state index contributed by atoms with van der Waals surface area (Å²) in [7, 11) is 1.66. The van der Waals surface area contributed by atoms with Gasteiger partial charge in [-0.15, -0.1) is 0 Å². The molecule has 7 nitrogen and oxygen atoms in total. The van der Waals surface area contributed by atoms with Crippen molar-refractivity contribution in [3.8, 4) is 0 Å². The van der Waals surface area contributed by atoms with Gasteiger partial charge in [0.2, 0.25) is 5.43 Å². The van der Waals surface area contributed by atoms with Crippen LogP contribution < -0.4 is 15.6 Å². The highest BCUT2D eigenvalue weighted by Gasteiger charge is 2.25. The highest BCUT2D eigenvalue weighted by atomic mass is 19.1. The predicted octanol–water partition coefficient (Wildman–Crippen LogP) is 3.69. The normalized spacial score (nSPS) is 16.4. The zero-order chi connectivity index (χ0) is 24.1. The van der Waals surface area contributed by atoms with Crippen molar-refractivity contribution in [1.29, 1.82) is 0 Å². The summed E-state index contributed by atoms with van der Waals surface area (Å²) < 4.78 is 16.8. The number of aromatic nitrogens is 2. The number of nitrogens with zero attached hydrogens (tertiary/aromatic N) is 3. The van der Waals surface area contributed by atoms with E-state index in [9.17, 15) is 14.7 Å². The Morgan fingerprint density at radius 1 is 1.21 bits per heavy atom. The fraction of sp³-hybridized carbons (Fsp3) is 0.269. The second kappa shape index (κ2) is 8.22. The van der Waals surface area contributed by atoms with Gasteiger partial charge in [0.15, 0.2) is 0 Å². The first-order valence-corrected chi connectivity index (χ1v) is 11.1. The van der Waals surface area contributed by atoms with Gasteiger partial charge in [0, 0.05) is 50.4 Å². The number of carboxylic acids is 1. The maximum atomic E-state index is 15.3. The van der Waals surface area contributed by atoms with E-state index in [-0.39, 0.29) is 17.0 Å². The number of fused-ring (bicyclic) bond motifs is 3. The summed E-state index contributed by atoms with van der Waals surface area (Å²) in [6, 6.07) is 9.33. The highest BCUT2D eigenvalue weighted by molar-refractivity contribution is 6.07. The first-order valence-electron chi connectivity index (χ1n) is 11.1. The molecule has 2 N–H and O–H groups in total. The SMILES string of the molecule is Cc1ccc(C2CN(c3cc4c(cc3F)ncc3c4c(=O)c(C(=O)O)cn3C)CCN2)cc1C. The molecule has 1 saturated heterocycles. The van der Waals surface area contributed by atoms with Gasteiger partial charge in [-0.1, -0.05) is 18.2 Å². The molecule has 34 heavy (non-hydrogen) atoms. The molecule has 1 atom stereocenters. The molecule has 5 rings (SSSR count). The summed E-state index contributed by atoms with van der Waals surface area (Å²) in [5, 5.41) is 13.7. The minimum absolute atomic E-state index is 0.0280. The lowest BCUT2D eigenvalue weighted by Crippen LogP contribution is -2.46. The zero-order valence-electron chi connectivity index (χ0n) is 19.2. The predicted molar refractivity (Wildman–Crippen MR) is 130 cm³/mol. The standard InChI is InChI=1S/C26H25FN4O3/c1-14-4-5-16(8-15(14)2)21-13-31(7-6-28-21)22-9-17-20(10-19(22)27)29-11-23-24(17)25(32)18(26(33)34)12-30(23)3/h4-5,8-12,21,28H,6-7,13H2,1-3H3,(H,33,34). The van der Waals surface area contributed by atoms with Gasteiger partial charge in [-0.05, 0) is 36.6 Å². The van der Waals surface area contributed by atoms with Gasteiger partial charge >= 0.3 is 5.97 Å². The average Bonchev–Trinajstić information content (AvgIpc) is 2.82. The van der Waals surface area contributed by atoms with Crippen LogP contribution in [-0.4, -0.2) is 40.3 Å². The topological polar surface area (TPSA) is 87.5 Å². The summed E-state index contributed by atoms with van der Waals surface area (Å²) >= 11 is 0. The smallest absolute Gasteiger partial charge is 0.341 e. The summed E-state index contributed by atoms with van der Waals surface area (Å²) in [6.45, 7) is 5.98. The zero-order valence-corrected chi connectivity index (χ0v) is 19.2. The maximum Gasteiger partial charge on any atom is 0.341 e. The van der Waals surface area contributed by atoms with Crippen LogP contribution in [-0.2, 0) is 7.05 Å². The Kier molecular flexibility index (Phi) is 5.32. The number of nitrogens with one attached hydrogen (secondary N) is 1. The van der Waals surface area contributed by atoms with Gasteiger partial charge in [0.25, 0.3) is 0 Å². The number of anilines is 1. The first kappa shape index (κ1) is 22.0. The van der Waals surface area contributed by atoms with Crippen LogP contribution in [0.15, 0.2) is 47.5 Å². The summed E-state index contributed by atoms with van der Waals surface area (Å²) in [5.74, 6) is -1.72. The lowest BCUT2D eigenvalue weighted by atomic mass is 9.99. The van der Waals surface area contributed by atoms with Crippen LogP contribution in [0.25, 0.3) is 21.8 Å². The maximum absolute atomic E-state index is 15.3. The molecule has 8 heteroatoms. The van der Waals surface area contributed by atoms with Crippen LogP contribution in [0.3, 0.4) is 0 Å². The van der Waals surface area contributed by atoms with Crippen LogP contribution in [0.2, 0.25) is 0 Å². The minimum atomic E-state index is -1.30. The molecular weight excluding hydrogens is 435 g/mol. The molecule has 1 aliphatic heterocycles. The monoisotopic (exact) mass is 460 g/mol. The highest BCUT2D eigenvalue weighted by Crippen LogP contribution is 2.31. The number of benzene rings is 2. The van der Waals surface area contributed by atoms with Crippen molar-refractivity contribution in [3.05, 3.63) is 81.0 Å². The van der Waals surface area contributed by atoms with Gasteiger partial charge in [-0.3, -0.25) is 9.78 Å². The van der Waals surface area contributed by atoms with Crippen molar-refractivity contribution in [3.63, 3.8) is 0 Å². The number of rotatable bonds is 3. The Morgan fingerprint density at radius 2 is 2.00 bits per heavy atom. The van der Waals surface area contributed by atoms with Crippen LogP contribution in [0.4, 0.5) is 10.1 Å². The molecule has 2 aromatic carbocycles. The molecule has 3 heterocycles. The number of piperazine rings is 1. The number of hydrogen-bond acceptors (Lipinski definition) is 5. The number of aryl methyl sites for hydroxylation is 3. The van der Waals surface area contributed by atoms with Gasteiger partial charge in [-0.2, -0.15) is 0 Å². The number of hydrogen-bond donors (Lipinski definition) is 2.